The van der Waals surface area contributed by atoms with Crippen molar-refractivity contribution in [3.8, 4) is 0 Å². The van der Waals surface area contributed by atoms with E-state index in [9.17, 15) is 14.0 Å². The van der Waals surface area contributed by atoms with E-state index in [2.05, 4.69) is 26.0 Å². The molecule has 2 saturated carbocycles. The number of hydrogen-bond acceptors (Lipinski definition) is 7. The summed E-state index contributed by atoms with van der Waals surface area (Å²) in [5.41, 5.74) is 0.825. The smallest absolute Gasteiger partial charge is 0.274 e. The van der Waals surface area contributed by atoms with Crippen LogP contribution in [0.25, 0.3) is 5.65 Å². The maximum absolute atomic E-state index is 13.2. The van der Waals surface area contributed by atoms with Gasteiger partial charge in [-0.05, 0) is 31.4 Å². The molecule has 1 aliphatic heterocycles. The van der Waals surface area contributed by atoms with Gasteiger partial charge in [-0.1, -0.05) is 0 Å². The second-order valence-corrected chi connectivity index (χ2v) is 9.16. The van der Waals surface area contributed by atoms with Gasteiger partial charge in [0.15, 0.2) is 5.65 Å². The first-order chi connectivity index (χ1) is 16.5. The van der Waals surface area contributed by atoms with Crippen LogP contribution in [0.5, 0.6) is 0 Å². The minimum atomic E-state index is -0.779. The summed E-state index contributed by atoms with van der Waals surface area (Å²) >= 11 is 0. The number of anilines is 3. The molecule has 0 aromatic carbocycles. The van der Waals surface area contributed by atoms with Gasteiger partial charge < -0.3 is 25.3 Å². The van der Waals surface area contributed by atoms with Crippen LogP contribution in [0.4, 0.5) is 21.7 Å². The van der Waals surface area contributed by atoms with E-state index in [0.29, 0.717) is 35.1 Å². The summed E-state index contributed by atoms with van der Waals surface area (Å²) < 4.78 is 22.1. The van der Waals surface area contributed by atoms with Crippen molar-refractivity contribution < 1.29 is 13.9 Å². The van der Waals surface area contributed by atoms with Gasteiger partial charge in [0.05, 0.1) is 18.8 Å². The van der Waals surface area contributed by atoms with Crippen LogP contribution in [0.1, 0.15) is 29.6 Å². The highest BCUT2D eigenvalue weighted by molar-refractivity contribution is 6.00. The lowest BCUT2D eigenvalue weighted by Crippen LogP contribution is -2.32. The molecule has 0 bridgehead atoms. The number of hydrogen-bond donors (Lipinski definition) is 3. The fourth-order valence-corrected chi connectivity index (χ4v) is 4.80. The van der Waals surface area contributed by atoms with E-state index in [1.54, 1.807) is 36.0 Å². The van der Waals surface area contributed by atoms with Crippen molar-refractivity contribution in [3.05, 3.63) is 46.5 Å². The Bertz CT molecular complexity index is 1310. The minimum absolute atomic E-state index is 0.0325. The van der Waals surface area contributed by atoms with Crippen LogP contribution < -0.4 is 21.5 Å². The molecule has 0 radical (unpaired) electrons. The number of carbonyl (C=O) groups excluding carboxylic acids is 1. The maximum Gasteiger partial charge on any atom is 0.274 e. The Morgan fingerprint density at radius 1 is 1.32 bits per heavy atom. The Hall–Kier alpha value is -3.47. The Morgan fingerprint density at radius 2 is 2.18 bits per heavy atom. The number of pyridine rings is 1. The predicted octanol–water partition coefficient (Wildman–Crippen LogP) is 1.94. The van der Waals surface area contributed by atoms with Crippen LogP contribution >= 0.6 is 0 Å². The number of nitrogens with zero attached hydrogens (tertiary/aromatic N) is 4. The van der Waals surface area contributed by atoms with E-state index >= 15 is 0 Å². The Balaban J connectivity index is 1.26. The Labute approximate surface area is 194 Å². The standard InChI is InChI=1S/C23H26FN7O3/c1-25-16-9-15(27-14-6-4-7-30(23(14)33)11-12-5-2-3-8-34-12)28-21-13(10-26-31(16)21)22(32)29-20-17-18(20)19(17)24/h4,6-7,9-10,12,17-20,25H,2-3,5,8,11H2,1H3,(H,27,28)(H,29,32)/t12?,17-,18?,19-,20?/m1/s1. The molecule has 6 rings (SSSR count). The highest BCUT2D eigenvalue weighted by atomic mass is 19.1. The lowest BCUT2D eigenvalue weighted by atomic mass is 10.1. The zero-order valence-corrected chi connectivity index (χ0v) is 18.7. The van der Waals surface area contributed by atoms with Crippen LogP contribution in [-0.2, 0) is 11.3 Å². The molecule has 0 spiro atoms. The number of carbonyl (C=O) groups is 1. The van der Waals surface area contributed by atoms with E-state index < -0.39 is 6.17 Å². The number of aromatic nitrogens is 4. The van der Waals surface area contributed by atoms with Gasteiger partial charge in [0.1, 0.15) is 29.1 Å². The molecular formula is C23H26FN7O3. The first-order valence-electron chi connectivity index (χ1n) is 11.6. The van der Waals surface area contributed by atoms with Crippen molar-refractivity contribution in [3.63, 3.8) is 0 Å². The van der Waals surface area contributed by atoms with Gasteiger partial charge >= 0.3 is 0 Å². The fourth-order valence-electron chi connectivity index (χ4n) is 4.80. The van der Waals surface area contributed by atoms with Gasteiger partial charge in [-0.25, -0.2) is 9.37 Å². The van der Waals surface area contributed by atoms with Gasteiger partial charge in [0.2, 0.25) is 0 Å². The molecule has 1 amide bonds. The average molecular weight is 468 g/mol. The van der Waals surface area contributed by atoms with Gasteiger partial charge in [-0.3, -0.25) is 9.59 Å². The zero-order chi connectivity index (χ0) is 23.4. The summed E-state index contributed by atoms with van der Waals surface area (Å²) in [6.07, 6.45) is 5.55. The molecule has 1 saturated heterocycles. The lowest BCUT2D eigenvalue weighted by Gasteiger charge is -2.23. The van der Waals surface area contributed by atoms with Crippen molar-refractivity contribution in [1.29, 1.82) is 0 Å². The van der Waals surface area contributed by atoms with E-state index in [-0.39, 0.29) is 35.4 Å². The number of alkyl halides is 1. The van der Waals surface area contributed by atoms with Gasteiger partial charge in [0, 0.05) is 43.8 Å². The molecule has 11 heteroatoms. The number of rotatable bonds is 7. The molecule has 5 atom stereocenters. The highest BCUT2D eigenvalue weighted by Gasteiger charge is 2.75. The van der Waals surface area contributed by atoms with Gasteiger partial charge in [0.25, 0.3) is 11.5 Å². The first kappa shape index (κ1) is 21.1. The Morgan fingerprint density at radius 3 is 2.91 bits per heavy atom. The lowest BCUT2D eigenvalue weighted by molar-refractivity contribution is 0.00546. The van der Waals surface area contributed by atoms with Crippen LogP contribution in [0, 0.1) is 11.8 Å². The zero-order valence-electron chi connectivity index (χ0n) is 18.7. The van der Waals surface area contributed by atoms with Gasteiger partial charge in [-0.2, -0.15) is 9.61 Å². The van der Waals surface area contributed by atoms with Crippen molar-refractivity contribution in [2.75, 3.05) is 24.3 Å². The molecule has 2 aliphatic carbocycles. The number of amides is 1. The first-order valence-corrected chi connectivity index (χ1v) is 11.6. The molecule has 3 N–H and O–H groups in total. The van der Waals surface area contributed by atoms with Crippen LogP contribution in [0.15, 0.2) is 35.4 Å². The van der Waals surface area contributed by atoms with E-state index in [0.717, 1.165) is 25.9 Å². The second-order valence-electron chi connectivity index (χ2n) is 9.16. The summed E-state index contributed by atoms with van der Waals surface area (Å²) in [5, 5.41) is 13.3. The molecule has 3 fully saturated rings. The van der Waals surface area contributed by atoms with E-state index in [1.165, 1.54) is 10.7 Å². The quantitative estimate of drug-likeness (QED) is 0.487. The number of halogens is 1. The summed E-state index contributed by atoms with van der Waals surface area (Å²) in [4.78, 5) is 30.4. The van der Waals surface area contributed by atoms with Crippen molar-refractivity contribution in [2.24, 2.45) is 11.8 Å². The fraction of sp³-hybridized carbons (Fsp3) is 0.478. The van der Waals surface area contributed by atoms with Crippen LogP contribution in [0.2, 0.25) is 0 Å². The van der Waals surface area contributed by atoms with Crippen molar-refractivity contribution in [1.82, 2.24) is 24.5 Å². The monoisotopic (exact) mass is 467 g/mol. The van der Waals surface area contributed by atoms with Crippen LogP contribution in [-0.4, -0.2) is 57.0 Å². The van der Waals surface area contributed by atoms with E-state index in [4.69, 9.17) is 4.74 Å². The number of fused-ring (bicyclic) bond motifs is 2. The largest absolute Gasteiger partial charge is 0.376 e. The topological polar surface area (TPSA) is 115 Å². The second kappa shape index (κ2) is 8.08. The van der Waals surface area contributed by atoms with Crippen molar-refractivity contribution >= 4 is 28.9 Å². The third-order valence-corrected chi connectivity index (χ3v) is 6.95. The summed E-state index contributed by atoms with van der Waals surface area (Å²) in [6.45, 7) is 1.23. The normalized spacial score (nSPS) is 27.2. The predicted molar refractivity (Wildman–Crippen MR) is 123 cm³/mol. The molecular weight excluding hydrogens is 441 g/mol. The molecule has 10 nitrogen and oxygen atoms in total. The number of nitrogens with one attached hydrogen (secondary N) is 3. The third kappa shape index (κ3) is 3.60. The third-order valence-electron chi connectivity index (χ3n) is 6.95. The molecule has 4 heterocycles. The van der Waals surface area contributed by atoms with Gasteiger partial charge in [-0.15, -0.1) is 0 Å². The summed E-state index contributed by atoms with van der Waals surface area (Å²) in [7, 11) is 1.73. The average Bonchev–Trinajstić information content (AvgIpc) is 3.69. The molecule has 3 aromatic heterocycles. The summed E-state index contributed by atoms with van der Waals surface area (Å²) in [6, 6.07) is 5.12. The molecule has 3 aliphatic rings. The molecule has 34 heavy (non-hydrogen) atoms. The van der Waals surface area contributed by atoms with E-state index in [1.807, 2.05) is 0 Å². The molecule has 3 unspecified atom stereocenters. The molecule has 3 aromatic rings. The van der Waals surface area contributed by atoms with Crippen molar-refractivity contribution in [2.45, 2.75) is 44.1 Å². The minimum Gasteiger partial charge on any atom is -0.376 e. The summed E-state index contributed by atoms with van der Waals surface area (Å²) in [5.74, 6) is 0.580. The highest BCUT2D eigenvalue weighted by Crippen LogP contribution is 2.64. The molecule has 178 valence electrons. The number of ether oxygens (including phenoxy) is 1. The van der Waals surface area contributed by atoms with Crippen LogP contribution in [0.3, 0.4) is 0 Å². The Kier molecular flexibility index (Phi) is 5.01. The SMILES string of the molecule is CNc1cc(Nc2cccn(CC3CCCCO3)c2=O)nc2c(C(=O)NC3C4[C@@H]3[C@H]4F)cnn12. The maximum atomic E-state index is 13.2.